The SMILES string of the molecule is NCc1ccccc1Cc1nc(-c2cncs2)no1. The summed E-state index contributed by atoms with van der Waals surface area (Å²) in [4.78, 5) is 9.28. The number of thiazole rings is 1. The van der Waals surface area contributed by atoms with Crippen molar-refractivity contribution in [1.82, 2.24) is 15.1 Å². The van der Waals surface area contributed by atoms with Gasteiger partial charge in [0.1, 0.15) is 0 Å². The van der Waals surface area contributed by atoms with Gasteiger partial charge in [-0.2, -0.15) is 4.98 Å². The highest BCUT2D eigenvalue weighted by Gasteiger charge is 2.11. The van der Waals surface area contributed by atoms with Crippen molar-refractivity contribution in [3.8, 4) is 10.7 Å². The molecular formula is C13H12N4OS. The molecule has 0 atom stereocenters. The van der Waals surface area contributed by atoms with Crippen LogP contribution in [-0.4, -0.2) is 15.1 Å². The Morgan fingerprint density at radius 1 is 1.21 bits per heavy atom. The number of rotatable bonds is 4. The van der Waals surface area contributed by atoms with Gasteiger partial charge in [0.25, 0.3) is 0 Å². The van der Waals surface area contributed by atoms with Gasteiger partial charge in [0, 0.05) is 12.7 Å². The van der Waals surface area contributed by atoms with Gasteiger partial charge in [0.15, 0.2) is 0 Å². The second kappa shape index (κ2) is 5.29. The van der Waals surface area contributed by atoms with Crippen molar-refractivity contribution in [1.29, 1.82) is 0 Å². The first kappa shape index (κ1) is 12.0. The molecule has 0 aliphatic carbocycles. The van der Waals surface area contributed by atoms with Gasteiger partial charge in [0.05, 0.1) is 16.8 Å². The van der Waals surface area contributed by atoms with Crippen LogP contribution in [0.1, 0.15) is 17.0 Å². The number of hydrogen-bond acceptors (Lipinski definition) is 6. The zero-order chi connectivity index (χ0) is 13.1. The van der Waals surface area contributed by atoms with Gasteiger partial charge in [-0.15, -0.1) is 11.3 Å². The quantitative estimate of drug-likeness (QED) is 0.788. The van der Waals surface area contributed by atoms with E-state index in [1.807, 2.05) is 24.3 Å². The average Bonchev–Trinajstić information content (AvgIpc) is 3.09. The minimum Gasteiger partial charge on any atom is -0.339 e. The Hall–Kier alpha value is -2.05. The lowest BCUT2D eigenvalue weighted by molar-refractivity contribution is 0.385. The molecular weight excluding hydrogens is 260 g/mol. The molecule has 96 valence electrons. The van der Waals surface area contributed by atoms with E-state index in [-0.39, 0.29) is 0 Å². The monoisotopic (exact) mass is 272 g/mol. The molecule has 1 aromatic carbocycles. The topological polar surface area (TPSA) is 77.8 Å². The molecule has 0 spiro atoms. The van der Waals surface area contributed by atoms with Crippen LogP contribution in [0.25, 0.3) is 10.7 Å². The fraction of sp³-hybridized carbons (Fsp3) is 0.154. The number of aromatic nitrogens is 3. The molecule has 0 amide bonds. The van der Waals surface area contributed by atoms with Gasteiger partial charge < -0.3 is 10.3 Å². The van der Waals surface area contributed by atoms with E-state index in [1.54, 1.807) is 11.7 Å². The molecule has 0 fully saturated rings. The van der Waals surface area contributed by atoms with E-state index < -0.39 is 0 Å². The first-order chi connectivity index (χ1) is 9.36. The van der Waals surface area contributed by atoms with E-state index in [0.29, 0.717) is 24.7 Å². The average molecular weight is 272 g/mol. The molecule has 19 heavy (non-hydrogen) atoms. The third-order valence-corrected chi connectivity index (χ3v) is 3.57. The molecule has 0 saturated carbocycles. The Kier molecular flexibility index (Phi) is 3.35. The summed E-state index contributed by atoms with van der Waals surface area (Å²) >= 11 is 1.49. The summed E-state index contributed by atoms with van der Waals surface area (Å²) in [6.45, 7) is 0.506. The van der Waals surface area contributed by atoms with Crippen molar-refractivity contribution in [2.45, 2.75) is 13.0 Å². The first-order valence-corrected chi connectivity index (χ1v) is 6.73. The lowest BCUT2D eigenvalue weighted by Crippen LogP contribution is -2.02. The third-order valence-electron chi connectivity index (χ3n) is 2.80. The molecule has 0 aliphatic heterocycles. The van der Waals surface area contributed by atoms with Crippen LogP contribution in [0, 0.1) is 0 Å². The maximum atomic E-state index is 5.71. The van der Waals surface area contributed by atoms with E-state index in [0.717, 1.165) is 16.0 Å². The van der Waals surface area contributed by atoms with Gasteiger partial charge >= 0.3 is 0 Å². The minimum absolute atomic E-state index is 0.506. The summed E-state index contributed by atoms with van der Waals surface area (Å²) in [7, 11) is 0. The predicted molar refractivity (Wildman–Crippen MR) is 72.5 cm³/mol. The van der Waals surface area contributed by atoms with Crippen molar-refractivity contribution < 1.29 is 4.52 Å². The molecule has 2 aromatic heterocycles. The fourth-order valence-corrected chi connectivity index (χ4v) is 2.39. The Morgan fingerprint density at radius 2 is 2.05 bits per heavy atom. The summed E-state index contributed by atoms with van der Waals surface area (Å²) in [5, 5.41) is 3.96. The van der Waals surface area contributed by atoms with Gasteiger partial charge in [-0.1, -0.05) is 29.4 Å². The van der Waals surface area contributed by atoms with Crippen LogP contribution in [0.3, 0.4) is 0 Å². The van der Waals surface area contributed by atoms with E-state index in [4.69, 9.17) is 10.3 Å². The Bertz CT molecular complexity index is 663. The normalized spacial score (nSPS) is 10.8. The van der Waals surface area contributed by atoms with Crippen molar-refractivity contribution in [2.24, 2.45) is 5.73 Å². The zero-order valence-corrected chi connectivity index (χ0v) is 10.9. The van der Waals surface area contributed by atoms with Crippen LogP contribution >= 0.6 is 11.3 Å². The summed E-state index contributed by atoms with van der Waals surface area (Å²) in [6, 6.07) is 7.99. The maximum absolute atomic E-state index is 5.71. The summed E-state index contributed by atoms with van der Waals surface area (Å²) in [5.74, 6) is 1.17. The molecule has 0 unspecified atom stereocenters. The lowest BCUT2D eigenvalue weighted by Gasteiger charge is -2.03. The second-order valence-electron chi connectivity index (χ2n) is 4.03. The zero-order valence-electron chi connectivity index (χ0n) is 10.1. The van der Waals surface area contributed by atoms with E-state index in [2.05, 4.69) is 15.1 Å². The van der Waals surface area contributed by atoms with E-state index >= 15 is 0 Å². The summed E-state index contributed by atoms with van der Waals surface area (Å²) in [5.41, 5.74) is 9.67. The predicted octanol–water partition coefficient (Wildman–Crippen LogP) is 2.24. The van der Waals surface area contributed by atoms with Crippen LogP contribution in [0.4, 0.5) is 0 Å². The molecule has 2 heterocycles. The van der Waals surface area contributed by atoms with E-state index in [1.165, 1.54) is 11.3 Å². The molecule has 6 heteroatoms. The van der Waals surface area contributed by atoms with Crippen molar-refractivity contribution in [3.63, 3.8) is 0 Å². The van der Waals surface area contributed by atoms with Crippen LogP contribution in [0.5, 0.6) is 0 Å². The number of hydrogen-bond donors (Lipinski definition) is 1. The second-order valence-corrected chi connectivity index (χ2v) is 4.91. The van der Waals surface area contributed by atoms with Gasteiger partial charge in [0.2, 0.25) is 11.7 Å². The number of benzene rings is 1. The highest BCUT2D eigenvalue weighted by molar-refractivity contribution is 7.13. The molecule has 2 N–H and O–H groups in total. The Morgan fingerprint density at radius 3 is 2.79 bits per heavy atom. The van der Waals surface area contributed by atoms with E-state index in [9.17, 15) is 0 Å². The number of nitrogens with zero attached hydrogens (tertiary/aromatic N) is 3. The third kappa shape index (κ3) is 2.54. The first-order valence-electron chi connectivity index (χ1n) is 5.85. The van der Waals surface area contributed by atoms with Crippen LogP contribution in [0.15, 0.2) is 40.5 Å². The van der Waals surface area contributed by atoms with Crippen molar-refractivity contribution in [3.05, 3.63) is 53.0 Å². The van der Waals surface area contributed by atoms with Crippen LogP contribution < -0.4 is 5.73 Å². The highest BCUT2D eigenvalue weighted by atomic mass is 32.1. The molecule has 0 bridgehead atoms. The Balaban J connectivity index is 1.84. The smallest absolute Gasteiger partial charge is 0.231 e. The van der Waals surface area contributed by atoms with Crippen molar-refractivity contribution in [2.75, 3.05) is 0 Å². The molecule has 0 aliphatic rings. The highest BCUT2D eigenvalue weighted by Crippen LogP contribution is 2.21. The largest absolute Gasteiger partial charge is 0.339 e. The summed E-state index contributed by atoms with van der Waals surface area (Å²) < 4.78 is 5.27. The van der Waals surface area contributed by atoms with Gasteiger partial charge in [-0.25, -0.2) is 0 Å². The molecule has 0 radical (unpaired) electrons. The Labute approximate surface area is 114 Å². The van der Waals surface area contributed by atoms with Crippen molar-refractivity contribution >= 4 is 11.3 Å². The molecule has 5 nitrogen and oxygen atoms in total. The molecule has 3 rings (SSSR count). The van der Waals surface area contributed by atoms with Gasteiger partial charge in [-0.05, 0) is 11.1 Å². The molecule has 3 aromatic rings. The van der Waals surface area contributed by atoms with Gasteiger partial charge in [-0.3, -0.25) is 4.98 Å². The standard InChI is InChI=1S/C13H12N4OS/c14-6-10-4-2-1-3-9(10)5-12-16-13(17-18-12)11-7-15-8-19-11/h1-4,7-8H,5-6,14H2. The fourth-order valence-electron chi connectivity index (χ4n) is 1.84. The minimum atomic E-state index is 0.506. The van der Waals surface area contributed by atoms with Crippen LogP contribution in [0.2, 0.25) is 0 Å². The number of nitrogens with two attached hydrogens (primary N) is 1. The maximum Gasteiger partial charge on any atom is 0.231 e. The molecule has 0 saturated heterocycles. The summed E-state index contributed by atoms with van der Waals surface area (Å²) in [6.07, 6.45) is 2.33. The lowest BCUT2D eigenvalue weighted by atomic mass is 10.0. The van der Waals surface area contributed by atoms with Crippen LogP contribution in [-0.2, 0) is 13.0 Å².